The van der Waals surface area contributed by atoms with E-state index in [1.807, 2.05) is 24.3 Å². The summed E-state index contributed by atoms with van der Waals surface area (Å²) in [7, 11) is 0. The van der Waals surface area contributed by atoms with Crippen molar-refractivity contribution in [2.45, 2.75) is 0 Å². The first kappa shape index (κ1) is 32.4. The lowest BCUT2D eigenvalue weighted by Gasteiger charge is -2.26. The van der Waals surface area contributed by atoms with Gasteiger partial charge in [0.25, 0.3) is 0 Å². The summed E-state index contributed by atoms with van der Waals surface area (Å²) in [5.74, 6) is 0. The highest BCUT2D eigenvalue weighted by Crippen LogP contribution is 2.43. The van der Waals surface area contributed by atoms with Crippen LogP contribution in [0.25, 0.3) is 93.6 Å². The number of para-hydroxylation sites is 4. The molecule has 0 saturated heterocycles. The molecule has 0 spiro atoms. The normalized spacial score (nSPS) is 11.8. The van der Waals surface area contributed by atoms with E-state index >= 15 is 0 Å². The van der Waals surface area contributed by atoms with E-state index in [2.05, 4.69) is 191 Å². The molecule has 0 aliphatic carbocycles. The molecule has 0 unspecified atom stereocenters. The molecule has 3 heterocycles. The maximum atomic E-state index is 6.57. The van der Waals surface area contributed by atoms with Gasteiger partial charge in [0.2, 0.25) is 0 Å². The van der Waals surface area contributed by atoms with E-state index in [9.17, 15) is 0 Å². The predicted molar refractivity (Wildman–Crippen MR) is 241 cm³/mol. The van der Waals surface area contributed by atoms with E-state index in [0.717, 1.165) is 83.3 Å². The molecule has 0 aliphatic heterocycles. The molecule has 0 aliphatic rings. The third-order valence-electron chi connectivity index (χ3n) is 11.6. The first-order valence-electron chi connectivity index (χ1n) is 19.7. The quantitative estimate of drug-likeness (QED) is 0.170. The van der Waals surface area contributed by atoms with Gasteiger partial charge in [0.15, 0.2) is 5.58 Å². The first-order valence-corrected chi connectivity index (χ1v) is 19.7. The van der Waals surface area contributed by atoms with Crippen LogP contribution in [0.3, 0.4) is 0 Å². The van der Waals surface area contributed by atoms with Crippen LogP contribution in [0, 0.1) is 0 Å². The largest absolute Gasteiger partial charge is 0.456 e. The van der Waals surface area contributed by atoms with Gasteiger partial charge in [-0.05, 0) is 89.0 Å². The highest BCUT2D eigenvalue weighted by molar-refractivity contribution is 6.17. The molecule has 12 aromatic rings. The second kappa shape index (κ2) is 12.9. The number of fused-ring (bicyclic) bond motifs is 9. The number of furan rings is 2. The Hall–Kier alpha value is -7.82. The molecule has 272 valence electrons. The summed E-state index contributed by atoms with van der Waals surface area (Å²) >= 11 is 0. The van der Waals surface area contributed by atoms with Crippen LogP contribution in [0.15, 0.2) is 215 Å². The SMILES string of the molecule is c1ccc(-c2ccc(N(c3ccc(-c4ccc(-n5c6ccccc6c6cc7c(cc65)oc5ccccc57)cc4)cc3)c3cccc4c3oc3ccccc34)cc2)cc1. The van der Waals surface area contributed by atoms with Crippen LogP contribution in [-0.2, 0) is 0 Å². The van der Waals surface area contributed by atoms with E-state index in [-0.39, 0.29) is 0 Å². The molecule has 3 aromatic heterocycles. The van der Waals surface area contributed by atoms with Crippen molar-refractivity contribution in [3.05, 3.63) is 206 Å². The van der Waals surface area contributed by atoms with Gasteiger partial charge in [-0.2, -0.15) is 0 Å². The number of hydrogen-bond acceptors (Lipinski definition) is 3. The third-order valence-corrected chi connectivity index (χ3v) is 11.6. The molecule has 0 fully saturated rings. The van der Waals surface area contributed by atoms with Crippen molar-refractivity contribution in [3.8, 4) is 27.9 Å². The molecular formula is C54H34N2O2. The summed E-state index contributed by atoms with van der Waals surface area (Å²) in [6.07, 6.45) is 0. The molecular weight excluding hydrogens is 709 g/mol. The number of aromatic nitrogens is 1. The smallest absolute Gasteiger partial charge is 0.159 e. The van der Waals surface area contributed by atoms with Crippen molar-refractivity contribution >= 4 is 82.7 Å². The first-order chi connectivity index (χ1) is 28.7. The van der Waals surface area contributed by atoms with Crippen molar-refractivity contribution in [2.24, 2.45) is 0 Å². The van der Waals surface area contributed by atoms with E-state index in [1.54, 1.807) is 0 Å². The second-order valence-corrected chi connectivity index (χ2v) is 14.9. The Morgan fingerprint density at radius 3 is 1.55 bits per heavy atom. The van der Waals surface area contributed by atoms with E-state index in [0.29, 0.717) is 0 Å². The van der Waals surface area contributed by atoms with Gasteiger partial charge in [-0.3, -0.25) is 0 Å². The number of nitrogens with zero attached hydrogens (tertiary/aromatic N) is 2. The Morgan fingerprint density at radius 1 is 0.328 bits per heavy atom. The summed E-state index contributed by atoms with van der Waals surface area (Å²) in [5, 5.41) is 6.93. The van der Waals surface area contributed by atoms with Crippen molar-refractivity contribution in [2.75, 3.05) is 4.90 Å². The van der Waals surface area contributed by atoms with Crippen LogP contribution in [0.4, 0.5) is 17.1 Å². The second-order valence-electron chi connectivity index (χ2n) is 14.9. The molecule has 58 heavy (non-hydrogen) atoms. The van der Waals surface area contributed by atoms with Crippen LogP contribution >= 0.6 is 0 Å². The average Bonchev–Trinajstić information content (AvgIpc) is 3.96. The van der Waals surface area contributed by atoms with Crippen LogP contribution in [0.5, 0.6) is 0 Å². The van der Waals surface area contributed by atoms with Crippen LogP contribution in [0.1, 0.15) is 0 Å². The van der Waals surface area contributed by atoms with Crippen molar-refractivity contribution < 1.29 is 8.83 Å². The predicted octanol–water partition coefficient (Wildman–Crippen LogP) is 15.4. The Labute approximate surface area is 334 Å². The molecule has 12 rings (SSSR count). The summed E-state index contributed by atoms with van der Waals surface area (Å²) < 4.78 is 15.3. The fourth-order valence-corrected chi connectivity index (χ4v) is 8.84. The summed E-state index contributed by atoms with van der Waals surface area (Å²) in [6, 6.07) is 73.1. The lowest BCUT2D eigenvalue weighted by molar-refractivity contribution is 0.669. The third kappa shape index (κ3) is 5.09. The number of benzene rings is 9. The minimum Gasteiger partial charge on any atom is -0.456 e. The number of anilines is 3. The van der Waals surface area contributed by atoms with Gasteiger partial charge in [-0.15, -0.1) is 0 Å². The zero-order valence-corrected chi connectivity index (χ0v) is 31.3. The molecule has 4 nitrogen and oxygen atoms in total. The summed E-state index contributed by atoms with van der Waals surface area (Å²) in [5.41, 5.74) is 14.7. The maximum Gasteiger partial charge on any atom is 0.159 e. The molecule has 0 bridgehead atoms. The van der Waals surface area contributed by atoms with Crippen molar-refractivity contribution in [1.29, 1.82) is 0 Å². The maximum absolute atomic E-state index is 6.57. The molecule has 0 N–H and O–H groups in total. The molecule has 0 amide bonds. The Kier molecular flexibility index (Phi) is 7.20. The standard InChI is InChI=1S/C54H34N2O2/c1-2-11-35(12-3-1)36-21-27-39(28-22-36)55(49-18-10-16-45-43-14-5-9-20-52(43)58-54(45)49)40-29-23-37(24-30-40)38-25-31-41(32-26-38)56-48-17-7-4-13-42(48)46-33-47-44-15-6-8-19-51(44)57-53(47)34-50(46)56/h1-34H. The van der Waals surface area contributed by atoms with Crippen LogP contribution in [-0.4, -0.2) is 4.57 Å². The van der Waals surface area contributed by atoms with Crippen molar-refractivity contribution in [1.82, 2.24) is 4.57 Å². The summed E-state index contributed by atoms with van der Waals surface area (Å²) in [4.78, 5) is 2.30. The van der Waals surface area contributed by atoms with Gasteiger partial charge in [0.05, 0.1) is 16.7 Å². The van der Waals surface area contributed by atoms with Gasteiger partial charge in [0, 0.05) is 55.4 Å². The van der Waals surface area contributed by atoms with Gasteiger partial charge in [-0.1, -0.05) is 133 Å². The highest BCUT2D eigenvalue weighted by Gasteiger charge is 2.20. The molecule has 4 heteroatoms. The Balaban J connectivity index is 0.936. The van der Waals surface area contributed by atoms with E-state index in [1.165, 1.54) is 27.4 Å². The molecule has 0 atom stereocenters. The van der Waals surface area contributed by atoms with E-state index in [4.69, 9.17) is 8.83 Å². The molecule has 0 radical (unpaired) electrons. The zero-order chi connectivity index (χ0) is 38.2. The Bertz CT molecular complexity index is 3480. The summed E-state index contributed by atoms with van der Waals surface area (Å²) in [6.45, 7) is 0. The number of rotatable bonds is 6. The van der Waals surface area contributed by atoms with E-state index < -0.39 is 0 Å². The minimum absolute atomic E-state index is 0.863. The van der Waals surface area contributed by atoms with Crippen molar-refractivity contribution in [3.63, 3.8) is 0 Å². The minimum atomic E-state index is 0.863. The zero-order valence-electron chi connectivity index (χ0n) is 31.3. The van der Waals surface area contributed by atoms with Crippen LogP contribution in [0.2, 0.25) is 0 Å². The van der Waals surface area contributed by atoms with Gasteiger partial charge >= 0.3 is 0 Å². The number of hydrogen-bond donors (Lipinski definition) is 0. The van der Waals surface area contributed by atoms with Gasteiger partial charge in [-0.25, -0.2) is 0 Å². The highest BCUT2D eigenvalue weighted by atomic mass is 16.3. The average molecular weight is 743 g/mol. The fourth-order valence-electron chi connectivity index (χ4n) is 8.84. The van der Waals surface area contributed by atoms with Gasteiger partial charge < -0.3 is 18.3 Å². The molecule has 0 saturated carbocycles. The topological polar surface area (TPSA) is 34.5 Å². The fraction of sp³-hybridized carbons (Fsp3) is 0. The molecule has 9 aromatic carbocycles. The monoisotopic (exact) mass is 742 g/mol. The van der Waals surface area contributed by atoms with Gasteiger partial charge in [0.1, 0.15) is 16.7 Å². The lowest BCUT2D eigenvalue weighted by Crippen LogP contribution is -2.10. The van der Waals surface area contributed by atoms with Crippen LogP contribution < -0.4 is 4.90 Å². The lowest BCUT2D eigenvalue weighted by atomic mass is 10.0. The Morgan fingerprint density at radius 2 is 0.862 bits per heavy atom.